The van der Waals surface area contributed by atoms with Gasteiger partial charge in [-0.3, -0.25) is 15.0 Å². The molecule has 1 heterocycles. The van der Waals surface area contributed by atoms with E-state index in [1.807, 2.05) is 54.6 Å². The fourth-order valence-electron chi connectivity index (χ4n) is 4.64. The number of hydrogen-bond donors (Lipinski definition) is 1. The van der Waals surface area contributed by atoms with Crippen molar-refractivity contribution in [3.05, 3.63) is 108 Å². The Labute approximate surface area is 176 Å². The average Bonchev–Trinajstić information content (AvgIpc) is 3.26. The second-order valence-corrected chi connectivity index (χ2v) is 7.46. The number of nitrogens with zero attached hydrogens (tertiary/aromatic N) is 1. The van der Waals surface area contributed by atoms with Crippen molar-refractivity contribution >= 4 is 5.97 Å². The Morgan fingerprint density at radius 2 is 1.30 bits per heavy atom. The first-order valence-electron chi connectivity index (χ1n) is 10.0. The maximum absolute atomic E-state index is 12.8. The van der Waals surface area contributed by atoms with Gasteiger partial charge in [-0.1, -0.05) is 91.0 Å². The minimum Gasteiger partial charge on any atom is -0.468 e. The van der Waals surface area contributed by atoms with Crippen molar-refractivity contribution in [2.24, 2.45) is 0 Å². The van der Waals surface area contributed by atoms with Gasteiger partial charge in [0, 0.05) is 13.0 Å². The van der Waals surface area contributed by atoms with Gasteiger partial charge < -0.3 is 4.74 Å². The molecule has 3 aromatic rings. The predicted molar refractivity (Wildman–Crippen MR) is 114 cm³/mol. The standard InChI is InChI=1S/C25H25NO4/c1-29-24(27)23-17-22(30-28)18-26(23)25(19-11-5-2-6-12-19,20-13-7-3-8-14-20)21-15-9-4-10-16-21/h2-16,22-23,28H,17-18H2,1H3/t22-,23?/m0/s1. The summed E-state index contributed by atoms with van der Waals surface area (Å²) in [6.07, 6.45) is -0.151. The van der Waals surface area contributed by atoms with Gasteiger partial charge >= 0.3 is 5.97 Å². The summed E-state index contributed by atoms with van der Waals surface area (Å²) in [6, 6.07) is 29.8. The quantitative estimate of drug-likeness (QED) is 0.291. The second-order valence-electron chi connectivity index (χ2n) is 7.46. The zero-order chi connectivity index (χ0) is 21.0. The fraction of sp³-hybridized carbons (Fsp3) is 0.240. The third-order valence-electron chi connectivity index (χ3n) is 5.89. The van der Waals surface area contributed by atoms with Crippen LogP contribution >= 0.6 is 0 Å². The van der Waals surface area contributed by atoms with E-state index < -0.39 is 17.7 Å². The van der Waals surface area contributed by atoms with Crippen molar-refractivity contribution in [1.82, 2.24) is 4.90 Å². The normalized spacial score (nSPS) is 19.5. The lowest BCUT2D eigenvalue weighted by atomic mass is 9.75. The van der Waals surface area contributed by atoms with Gasteiger partial charge in [0.1, 0.15) is 12.1 Å². The molecule has 154 valence electrons. The lowest BCUT2D eigenvalue weighted by molar-refractivity contribution is -0.274. The van der Waals surface area contributed by atoms with Crippen molar-refractivity contribution in [3.63, 3.8) is 0 Å². The van der Waals surface area contributed by atoms with Crippen LogP contribution in [-0.2, 0) is 20.0 Å². The van der Waals surface area contributed by atoms with Crippen LogP contribution in [0.15, 0.2) is 91.0 Å². The zero-order valence-corrected chi connectivity index (χ0v) is 16.8. The third-order valence-corrected chi connectivity index (χ3v) is 5.89. The van der Waals surface area contributed by atoms with E-state index in [-0.39, 0.29) is 5.97 Å². The molecular weight excluding hydrogens is 378 g/mol. The van der Waals surface area contributed by atoms with Gasteiger partial charge in [0.25, 0.3) is 0 Å². The van der Waals surface area contributed by atoms with E-state index >= 15 is 0 Å². The fourth-order valence-corrected chi connectivity index (χ4v) is 4.64. The number of carbonyl (C=O) groups is 1. The summed E-state index contributed by atoms with van der Waals surface area (Å²) in [7, 11) is 1.39. The number of likely N-dealkylation sites (tertiary alicyclic amines) is 1. The Balaban J connectivity index is 2.03. The number of esters is 1. The van der Waals surface area contributed by atoms with Crippen LogP contribution in [0.2, 0.25) is 0 Å². The van der Waals surface area contributed by atoms with Crippen LogP contribution in [0.4, 0.5) is 0 Å². The highest BCUT2D eigenvalue weighted by Gasteiger charge is 2.52. The van der Waals surface area contributed by atoms with Crippen LogP contribution in [0.1, 0.15) is 23.1 Å². The molecule has 1 aliphatic rings. The minimum absolute atomic E-state index is 0.345. The highest BCUT2D eigenvalue weighted by Crippen LogP contribution is 2.46. The Kier molecular flexibility index (Phi) is 5.95. The molecule has 30 heavy (non-hydrogen) atoms. The summed E-state index contributed by atoms with van der Waals surface area (Å²) >= 11 is 0. The molecule has 4 rings (SSSR count). The molecule has 1 saturated heterocycles. The number of carbonyl (C=O) groups excluding carboxylic acids is 1. The topological polar surface area (TPSA) is 59.0 Å². The molecule has 1 unspecified atom stereocenters. The molecule has 0 bridgehead atoms. The Morgan fingerprint density at radius 3 is 1.67 bits per heavy atom. The van der Waals surface area contributed by atoms with E-state index in [1.54, 1.807) is 0 Å². The van der Waals surface area contributed by atoms with Crippen LogP contribution in [0.5, 0.6) is 0 Å². The maximum atomic E-state index is 12.8. The number of methoxy groups -OCH3 is 1. The molecule has 2 atom stereocenters. The predicted octanol–water partition coefficient (Wildman–Crippen LogP) is 4.08. The summed E-state index contributed by atoms with van der Waals surface area (Å²) < 4.78 is 5.14. The van der Waals surface area contributed by atoms with Crippen LogP contribution < -0.4 is 0 Å². The van der Waals surface area contributed by atoms with E-state index in [4.69, 9.17) is 9.62 Å². The second kappa shape index (κ2) is 8.79. The van der Waals surface area contributed by atoms with Crippen molar-refractivity contribution in [2.45, 2.75) is 24.1 Å². The smallest absolute Gasteiger partial charge is 0.323 e. The van der Waals surface area contributed by atoms with Crippen molar-refractivity contribution in [1.29, 1.82) is 0 Å². The molecule has 1 aliphatic heterocycles. The van der Waals surface area contributed by atoms with Crippen LogP contribution in [0, 0.1) is 0 Å². The number of benzene rings is 3. The largest absolute Gasteiger partial charge is 0.468 e. The number of ether oxygens (including phenoxy) is 1. The molecule has 0 amide bonds. The van der Waals surface area contributed by atoms with E-state index in [1.165, 1.54) is 7.11 Å². The molecule has 0 aromatic heterocycles. The number of rotatable bonds is 6. The third kappa shape index (κ3) is 3.41. The Bertz CT molecular complexity index is 866. The van der Waals surface area contributed by atoms with Gasteiger partial charge in [-0.15, -0.1) is 0 Å². The number of hydrogen-bond acceptors (Lipinski definition) is 5. The first-order chi connectivity index (χ1) is 14.7. The van der Waals surface area contributed by atoms with Gasteiger partial charge in [0.2, 0.25) is 0 Å². The highest BCUT2D eigenvalue weighted by molar-refractivity contribution is 5.77. The van der Waals surface area contributed by atoms with E-state index in [2.05, 4.69) is 41.3 Å². The maximum Gasteiger partial charge on any atom is 0.323 e. The molecule has 0 radical (unpaired) electrons. The summed E-state index contributed by atoms with van der Waals surface area (Å²) in [4.78, 5) is 19.6. The SMILES string of the molecule is COC(=O)C1C[C@H](OO)CN1C(c1ccccc1)(c1ccccc1)c1ccccc1. The van der Waals surface area contributed by atoms with Crippen LogP contribution in [0.25, 0.3) is 0 Å². The summed E-state index contributed by atoms with van der Waals surface area (Å²) in [5, 5.41) is 9.45. The van der Waals surface area contributed by atoms with Gasteiger partial charge in [0.05, 0.1) is 12.6 Å². The molecule has 1 fully saturated rings. The summed E-state index contributed by atoms with van der Waals surface area (Å²) in [6.45, 7) is 0.370. The van der Waals surface area contributed by atoms with E-state index in [0.717, 1.165) is 16.7 Å². The van der Waals surface area contributed by atoms with Crippen molar-refractivity contribution in [3.8, 4) is 0 Å². The molecule has 0 saturated carbocycles. The molecule has 1 N–H and O–H groups in total. The van der Waals surface area contributed by atoms with E-state index in [9.17, 15) is 10.1 Å². The van der Waals surface area contributed by atoms with Crippen LogP contribution in [0.3, 0.4) is 0 Å². The first-order valence-corrected chi connectivity index (χ1v) is 10.0. The lowest BCUT2D eigenvalue weighted by Gasteiger charge is -2.45. The van der Waals surface area contributed by atoms with Gasteiger partial charge in [-0.2, -0.15) is 0 Å². The first kappa shape index (κ1) is 20.3. The molecule has 5 heteroatoms. The minimum atomic E-state index is -0.768. The van der Waals surface area contributed by atoms with Gasteiger partial charge in [-0.25, -0.2) is 4.89 Å². The molecule has 3 aromatic carbocycles. The molecular formula is C25H25NO4. The summed E-state index contributed by atoms with van der Waals surface area (Å²) in [5.74, 6) is -0.346. The van der Waals surface area contributed by atoms with Crippen LogP contribution in [-0.4, -0.2) is 41.9 Å². The molecule has 5 nitrogen and oxygen atoms in total. The van der Waals surface area contributed by atoms with E-state index in [0.29, 0.717) is 13.0 Å². The highest BCUT2D eigenvalue weighted by atomic mass is 17.1. The van der Waals surface area contributed by atoms with Gasteiger partial charge in [-0.05, 0) is 16.7 Å². The van der Waals surface area contributed by atoms with Crippen molar-refractivity contribution in [2.75, 3.05) is 13.7 Å². The monoisotopic (exact) mass is 403 g/mol. The Hall–Kier alpha value is -2.99. The van der Waals surface area contributed by atoms with Gasteiger partial charge in [0.15, 0.2) is 0 Å². The molecule has 0 spiro atoms. The molecule has 0 aliphatic carbocycles. The lowest BCUT2D eigenvalue weighted by Crippen LogP contribution is -2.53. The average molecular weight is 403 g/mol. The summed E-state index contributed by atoms with van der Waals surface area (Å²) in [5.41, 5.74) is 2.30. The van der Waals surface area contributed by atoms with Crippen molar-refractivity contribution < 1.29 is 19.7 Å². The Morgan fingerprint density at radius 1 is 0.867 bits per heavy atom. The zero-order valence-electron chi connectivity index (χ0n) is 16.8.